The summed E-state index contributed by atoms with van der Waals surface area (Å²) in [5, 5.41) is 9.50. The van der Waals surface area contributed by atoms with E-state index in [9.17, 15) is 9.18 Å². The van der Waals surface area contributed by atoms with Crippen LogP contribution in [-0.4, -0.2) is 24.7 Å². The van der Waals surface area contributed by atoms with E-state index in [-0.39, 0.29) is 5.91 Å². The Kier molecular flexibility index (Phi) is 2.29. The van der Waals surface area contributed by atoms with Gasteiger partial charge in [0.1, 0.15) is 11.5 Å². The molecule has 4 nitrogen and oxygen atoms in total. The van der Waals surface area contributed by atoms with Crippen LogP contribution in [0.15, 0.2) is 18.2 Å². The second kappa shape index (κ2) is 3.70. The molecule has 2 heterocycles. The summed E-state index contributed by atoms with van der Waals surface area (Å²) in [4.78, 5) is 12.0. The predicted octanol–water partition coefficient (Wildman–Crippen LogP) is 1.06. The van der Waals surface area contributed by atoms with Crippen molar-refractivity contribution >= 4 is 11.6 Å². The molecule has 2 aliphatic heterocycles. The number of benzene rings is 1. The van der Waals surface area contributed by atoms with Crippen LogP contribution in [0.25, 0.3) is 0 Å². The van der Waals surface area contributed by atoms with Gasteiger partial charge in [0.15, 0.2) is 0 Å². The van der Waals surface area contributed by atoms with Crippen molar-refractivity contribution in [1.29, 1.82) is 0 Å². The SMILES string of the molecule is O=C1N[C@]2(CCCNC2)Nc2ccc(F)cc21. The van der Waals surface area contributed by atoms with Crippen molar-refractivity contribution in [1.82, 2.24) is 10.6 Å². The van der Waals surface area contributed by atoms with Crippen molar-refractivity contribution in [2.45, 2.75) is 18.5 Å². The minimum Gasteiger partial charge on any atom is -0.361 e. The summed E-state index contributed by atoms with van der Waals surface area (Å²) >= 11 is 0. The lowest BCUT2D eigenvalue weighted by atomic mass is 9.95. The smallest absolute Gasteiger partial charge is 0.255 e. The van der Waals surface area contributed by atoms with Gasteiger partial charge in [0, 0.05) is 12.2 Å². The molecule has 1 fully saturated rings. The Morgan fingerprint density at radius 1 is 1.29 bits per heavy atom. The molecule has 1 saturated heterocycles. The predicted molar refractivity (Wildman–Crippen MR) is 62.3 cm³/mol. The van der Waals surface area contributed by atoms with Crippen molar-refractivity contribution in [2.24, 2.45) is 0 Å². The van der Waals surface area contributed by atoms with Crippen molar-refractivity contribution in [3.8, 4) is 0 Å². The molecule has 0 aliphatic carbocycles. The number of hydrogen-bond donors (Lipinski definition) is 3. The number of carbonyl (C=O) groups is 1. The van der Waals surface area contributed by atoms with E-state index in [1.165, 1.54) is 12.1 Å². The van der Waals surface area contributed by atoms with Gasteiger partial charge in [-0.25, -0.2) is 4.39 Å². The van der Waals surface area contributed by atoms with Crippen molar-refractivity contribution in [2.75, 3.05) is 18.4 Å². The summed E-state index contributed by atoms with van der Waals surface area (Å²) in [5.41, 5.74) is 0.667. The van der Waals surface area contributed by atoms with Crippen LogP contribution in [0.3, 0.4) is 0 Å². The molecular weight excluding hydrogens is 221 g/mol. The van der Waals surface area contributed by atoms with Crippen LogP contribution in [-0.2, 0) is 0 Å². The highest BCUT2D eigenvalue weighted by atomic mass is 19.1. The topological polar surface area (TPSA) is 53.2 Å². The maximum Gasteiger partial charge on any atom is 0.255 e. The van der Waals surface area contributed by atoms with Crippen LogP contribution in [0, 0.1) is 5.82 Å². The number of piperidine rings is 1. The van der Waals surface area contributed by atoms with Crippen LogP contribution in [0.1, 0.15) is 23.2 Å². The van der Waals surface area contributed by atoms with E-state index in [0.717, 1.165) is 19.4 Å². The van der Waals surface area contributed by atoms with E-state index in [1.807, 2.05) is 0 Å². The monoisotopic (exact) mass is 235 g/mol. The molecule has 1 atom stereocenters. The van der Waals surface area contributed by atoms with E-state index in [0.29, 0.717) is 17.8 Å². The molecule has 17 heavy (non-hydrogen) atoms. The largest absolute Gasteiger partial charge is 0.361 e. The standard InChI is InChI=1S/C12H14FN3O/c13-8-2-3-10-9(6-8)11(17)16-12(15-10)4-1-5-14-7-12/h2-3,6,14-15H,1,4-5,7H2,(H,16,17)/t12-/m0/s1. The average Bonchev–Trinajstić information content (AvgIpc) is 2.31. The van der Waals surface area contributed by atoms with Gasteiger partial charge in [-0.15, -0.1) is 0 Å². The van der Waals surface area contributed by atoms with Crippen LogP contribution in [0.2, 0.25) is 0 Å². The Bertz CT molecular complexity index is 469. The quantitative estimate of drug-likeness (QED) is 0.630. The number of fused-ring (bicyclic) bond motifs is 1. The van der Waals surface area contributed by atoms with Crippen LogP contribution < -0.4 is 16.0 Å². The summed E-state index contributed by atoms with van der Waals surface area (Å²) in [7, 11) is 0. The first-order valence-electron chi connectivity index (χ1n) is 5.80. The summed E-state index contributed by atoms with van der Waals surface area (Å²) in [6.45, 7) is 1.66. The molecule has 3 N–H and O–H groups in total. The highest BCUT2D eigenvalue weighted by molar-refractivity contribution is 6.02. The third-order valence-corrected chi connectivity index (χ3v) is 3.34. The van der Waals surface area contributed by atoms with Crippen molar-refractivity contribution < 1.29 is 9.18 Å². The van der Waals surface area contributed by atoms with Gasteiger partial charge in [0.05, 0.1) is 5.56 Å². The fourth-order valence-corrected chi connectivity index (χ4v) is 2.51. The lowest BCUT2D eigenvalue weighted by Gasteiger charge is -2.43. The highest BCUT2D eigenvalue weighted by Gasteiger charge is 2.38. The second-order valence-electron chi connectivity index (χ2n) is 4.63. The average molecular weight is 235 g/mol. The third kappa shape index (κ3) is 1.76. The number of halogens is 1. The summed E-state index contributed by atoms with van der Waals surface area (Å²) < 4.78 is 13.1. The lowest BCUT2D eigenvalue weighted by Crippen LogP contribution is -2.64. The van der Waals surface area contributed by atoms with E-state index < -0.39 is 11.5 Å². The molecule has 5 heteroatoms. The molecule has 0 unspecified atom stereocenters. The van der Waals surface area contributed by atoms with Crippen molar-refractivity contribution in [3.05, 3.63) is 29.6 Å². The van der Waals surface area contributed by atoms with Crippen LogP contribution in [0.4, 0.5) is 10.1 Å². The minimum atomic E-state index is -0.417. The van der Waals surface area contributed by atoms with Gasteiger partial charge >= 0.3 is 0 Å². The first kappa shape index (κ1) is 10.5. The highest BCUT2D eigenvalue weighted by Crippen LogP contribution is 2.28. The first-order valence-corrected chi connectivity index (χ1v) is 5.80. The van der Waals surface area contributed by atoms with Crippen LogP contribution >= 0.6 is 0 Å². The maximum atomic E-state index is 13.1. The zero-order chi connectivity index (χ0) is 11.9. The summed E-state index contributed by atoms with van der Waals surface area (Å²) in [5.74, 6) is -0.597. The Morgan fingerprint density at radius 3 is 2.94 bits per heavy atom. The number of rotatable bonds is 0. The molecule has 0 radical (unpaired) electrons. The molecule has 0 aromatic heterocycles. The normalized spacial score (nSPS) is 27.2. The maximum absolute atomic E-state index is 13.1. The third-order valence-electron chi connectivity index (χ3n) is 3.34. The fourth-order valence-electron chi connectivity index (χ4n) is 2.51. The zero-order valence-electron chi connectivity index (χ0n) is 9.35. The van der Waals surface area contributed by atoms with Gasteiger partial charge in [-0.2, -0.15) is 0 Å². The molecule has 3 rings (SSSR count). The van der Waals surface area contributed by atoms with Gasteiger partial charge in [-0.05, 0) is 37.6 Å². The Labute approximate surface area is 98.6 Å². The molecular formula is C12H14FN3O. The Morgan fingerprint density at radius 2 is 2.18 bits per heavy atom. The lowest BCUT2D eigenvalue weighted by molar-refractivity contribution is 0.0884. The van der Waals surface area contributed by atoms with Gasteiger partial charge in [-0.3, -0.25) is 4.79 Å². The molecule has 1 aromatic carbocycles. The first-order chi connectivity index (χ1) is 8.19. The van der Waals surface area contributed by atoms with Crippen LogP contribution in [0.5, 0.6) is 0 Å². The number of nitrogens with one attached hydrogen (secondary N) is 3. The second-order valence-corrected chi connectivity index (χ2v) is 4.63. The zero-order valence-corrected chi connectivity index (χ0v) is 9.35. The molecule has 2 aliphatic rings. The summed E-state index contributed by atoms with van der Waals surface area (Å²) in [6.07, 6.45) is 1.88. The summed E-state index contributed by atoms with van der Waals surface area (Å²) in [6, 6.07) is 4.26. The Balaban J connectivity index is 1.97. The van der Waals surface area contributed by atoms with Gasteiger partial charge in [0.25, 0.3) is 5.91 Å². The van der Waals surface area contributed by atoms with E-state index in [2.05, 4.69) is 16.0 Å². The van der Waals surface area contributed by atoms with E-state index in [1.54, 1.807) is 6.07 Å². The van der Waals surface area contributed by atoms with E-state index in [4.69, 9.17) is 0 Å². The van der Waals surface area contributed by atoms with Gasteiger partial charge in [-0.1, -0.05) is 0 Å². The molecule has 1 amide bonds. The number of amides is 1. The van der Waals surface area contributed by atoms with Crippen molar-refractivity contribution in [3.63, 3.8) is 0 Å². The molecule has 1 spiro atoms. The number of carbonyl (C=O) groups excluding carboxylic acids is 1. The molecule has 1 aromatic rings. The fraction of sp³-hybridized carbons (Fsp3) is 0.417. The minimum absolute atomic E-state index is 0.207. The molecule has 0 bridgehead atoms. The Hall–Kier alpha value is -1.62. The number of hydrogen-bond acceptors (Lipinski definition) is 3. The number of anilines is 1. The van der Waals surface area contributed by atoms with Gasteiger partial charge in [0.2, 0.25) is 0 Å². The van der Waals surface area contributed by atoms with E-state index >= 15 is 0 Å². The van der Waals surface area contributed by atoms with Gasteiger partial charge < -0.3 is 16.0 Å². The molecule has 90 valence electrons. The molecule has 0 saturated carbocycles.